The fraction of sp³-hybridized carbons (Fsp3) is 0.914. The van der Waals surface area contributed by atoms with Crippen molar-refractivity contribution in [1.82, 2.24) is 0 Å². The van der Waals surface area contributed by atoms with Gasteiger partial charge in [0.05, 0.1) is 30.5 Å². The molecule has 0 spiro atoms. The summed E-state index contributed by atoms with van der Waals surface area (Å²) < 4.78 is 28.7. The minimum atomic E-state index is -1.67. The third kappa shape index (κ3) is 5.64. The van der Waals surface area contributed by atoms with Crippen molar-refractivity contribution in [3.8, 4) is 0 Å². The van der Waals surface area contributed by atoms with Crippen LogP contribution in [0.15, 0.2) is 11.6 Å². The maximum absolute atomic E-state index is 12.5. The molecular formula is C35H54O14. The summed E-state index contributed by atoms with van der Waals surface area (Å²) in [5, 5.41) is 86.6. The molecule has 0 aromatic heterocycles. The number of esters is 1. The average molecular weight is 699 g/mol. The lowest BCUT2D eigenvalue weighted by Gasteiger charge is -2.65. The van der Waals surface area contributed by atoms with Crippen LogP contribution in [-0.2, 0) is 28.5 Å². The Bertz CT molecular complexity index is 1280. The number of cyclic esters (lactones) is 1. The van der Waals surface area contributed by atoms with Gasteiger partial charge in [-0.1, -0.05) is 13.8 Å². The summed E-state index contributed by atoms with van der Waals surface area (Å²) in [4.78, 5) is 11.9. The highest BCUT2D eigenvalue weighted by Crippen LogP contribution is 2.70. The summed E-state index contributed by atoms with van der Waals surface area (Å²) in [6.07, 6.45) is -7.62. The van der Waals surface area contributed by atoms with Crippen LogP contribution in [0.2, 0.25) is 0 Å². The van der Waals surface area contributed by atoms with E-state index in [9.17, 15) is 45.6 Å². The Morgan fingerprint density at radius 2 is 1.59 bits per heavy atom. The normalized spacial score (nSPS) is 56.0. The van der Waals surface area contributed by atoms with E-state index in [2.05, 4.69) is 13.8 Å². The topological polar surface area (TPSA) is 225 Å². The lowest BCUT2D eigenvalue weighted by atomic mass is 9.42. The summed E-state index contributed by atoms with van der Waals surface area (Å²) in [6.45, 7) is 5.54. The molecule has 14 nitrogen and oxygen atoms in total. The molecule has 3 heterocycles. The molecule has 6 fully saturated rings. The van der Waals surface area contributed by atoms with Crippen LogP contribution >= 0.6 is 0 Å². The van der Waals surface area contributed by atoms with Crippen molar-refractivity contribution in [2.45, 2.75) is 151 Å². The molecule has 49 heavy (non-hydrogen) atoms. The van der Waals surface area contributed by atoms with E-state index in [0.717, 1.165) is 31.3 Å². The molecular weight excluding hydrogens is 644 g/mol. The molecule has 8 N–H and O–H groups in total. The van der Waals surface area contributed by atoms with Crippen molar-refractivity contribution >= 4 is 5.97 Å². The summed E-state index contributed by atoms with van der Waals surface area (Å²) in [7, 11) is 0. The molecule has 2 saturated heterocycles. The largest absolute Gasteiger partial charge is 0.458 e. The zero-order valence-corrected chi connectivity index (χ0v) is 28.4. The first-order valence-electron chi connectivity index (χ1n) is 18.0. The van der Waals surface area contributed by atoms with Crippen LogP contribution in [0.5, 0.6) is 0 Å². The number of aliphatic hydroxyl groups is 8. The van der Waals surface area contributed by atoms with E-state index in [-0.39, 0.29) is 47.8 Å². The highest BCUT2D eigenvalue weighted by Gasteiger charge is 2.70. The number of rotatable bonds is 6. The lowest BCUT2D eigenvalue weighted by molar-refractivity contribution is -0.360. The van der Waals surface area contributed by atoms with E-state index in [1.807, 2.05) is 0 Å². The Hall–Kier alpha value is -1.27. The lowest BCUT2D eigenvalue weighted by Crippen LogP contribution is -2.66. The van der Waals surface area contributed by atoms with Gasteiger partial charge in [-0.05, 0) is 93.0 Å². The zero-order chi connectivity index (χ0) is 35.2. The fourth-order valence-corrected chi connectivity index (χ4v) is 11.4. The second-order valence-corrected chi connectivity index (χ2v) is 16.5. The van der Waals surface area contributed by atoms with Gasteiger partial charge in [0.25, 0.3) is 0 Å². The number of carbonyl (C=O) groups excluding carboxylic acids is 1. The van der Waals surface area contributed by atoms with Gasteiger partial charge in [-0.15, -0.1) is 0 Å². The van der Waals surface area contributed by atoms with E-state index >= 15 is 0 Å². The predicted molar refractivity (Wildman–Crippen MR) is 167 cm³/mol. The number of hydrogen-bond acceptors (Lipinski definition) is 14. The van der Waals surface area contributed by atoms with Crippen molar-refractivity contribution in [3.05, 3.63) is 11.6 Å². The number of aliphatic hydroxyl groups excluding tert-OH is 7. The molecule has 0 bridgehead atoms. The SMILES string of the molecule is C[C@H]1O[C@@H](O[C@H]2CC[C@@]3(C)C(CC[C@@H]4[C@@H]3[C@H](O)C[C@]3(C)[C@@H](C5=CC(=O)OC5)CC[C@]43O)C2)[C@H](O)[C@H](O)[C@@H]1O[C@H]1O[C@H](CO)[C@@H](O)[C@@H](O)[C@H]1O. The Morgan fingerprint density at radius 1 is 0.878 bits per heavy atom. The summed E-state index contributed by atoms with van der Waals surface area (Å²) in [5.74, 6) is -0.342. The van der Waals surface area contributed by atoms with Crippen molar-refractivity contribution < 1.29 is 69.3 Å². The molecule has 14 heteroatoms. The molecule has 278 valence electrons. The van der Waals surface area contributed by atoms with Crippen LogP contribution in [0.4, 0.5) is 0 Å². The third-order valence-electron chi connectivity index (χ3n) is 14.1. The molecule has 0 aromatic carbocycles. The molecule has 0 amide bonds. The second-order valence-electron chi connectivity index (χ2n) is 16.5. The summed E-state index contributed by atoms with van der Waals surface area (Å²) in [5.41, 5.74) is -0.847. The Morgan fingerprint density at radius 3 is 2.29 bits per heavy atom. The van der Waals surface area contributed by atoms with E-state index in [0.29, 0.717) is 25.7 Å². The maximum atomic E-state index is 12.5. The van der Waals surface area contributed by atoms with E-state index < -0.39 is 85.1 Å². The average Bonchev–Trinajstić information content (AvgIpc) is 3.60. The van der Waals surface area contributed by atoms with Gasteiger partial charge >= 0.3 is 5.97 Å². The van der Waals surface area contributed by atoms with Crippen LogP contribution in [-0.4, -0.2) is 139 Å². The van der Waals surface area contributed by atoms with Crippen LogP contribution in [0.1, 0.15) is 72.1 Å². The standard InChI is InChI=1S/C35H54O14/c1-15-30(49-32-28(42)26(40)25(39)22(13-36)48-32)27(41)29(43)31(46-15)47-18-6-8-33(2)17(11-18)4-5-20-24(33)21(37)12-34(3)19(7-9-35(20,34)44)16-10-23(38)45-14-16/h10,15,17-22,24-32,36-37,39-44H,4-9,11-14H2,1-3H3/t15-,17?,18+,19-,20-,21-,22-,24-,25-,26-,27+,28-,29-,30-,31+,32-,33+,34-,35+/m1/s1. The molecule has 1 unspecified atom stereocenters. The van der Waals surface area contributed by atoms with Gasteiger partial charge in [0.15, 0.2) is 12.6 Å². The Labute approximate surface area is 285 Å². The number of fused-ring (bicyclic) bond motifs is 5. The van der Waals surface area contributed by atoms with Crippen LogP contribution < -0.4 is 0 Å². The highest BCUT2D eigenvalue weighted by molar-refractivity contribution is 5.85. The van der Waals surface area contributed by atoms with Crippen molar-refractivity contribution in [2.24, 2.45) is 34.5 Å². The van der Waals surface area contributed by atoms with Gasteiger partial charge in [-0.3, -0.25) is 0 Å². The third-order valence-corrected chi connectivity index (χ3v) is 14.1. The molecule has 4 saturated carbocycles. The number of carbonyl (C=O) groups is 1. The van der Waals surface area contributed by atoms with Gasteiger partial charge in [0.1, 0.15) is 49.3 Å². The first kappa shape index (κ1) is 36.1. The molecule has 3 aliphatic heterocycles. The van der Waals surface area contributed by atoms with Crippen LogP contribution in [0.3, 0.4) is 0 Å². The highest BCUT2D eigenvalue weighted by atomic mass is 16.7. The fourth-order valence-electron chi connectivity index (χ4n) is 11.4. The van der Waals surface area contributed by atoms with Crippen LogP contribution in [0, 0.1) is 34.5 Å². The van der Waals surface area contributed by atoms with Crippen molar-refractivity contribution in [3.63, 3.8) is 0 Å². The first-order chi connectivity index (χ1) is 23.1. The molecule has 7 rings (SSSR count). The summed E-state index contributed by atoms with van der Waals surface area (Å²) in [6, 6.07) is 0. The Balaban J connectivity index is 0.995. The smallest absolute Gasteiger partial charge is 0.331 e. The van der Waals surface area contributed by atoms with E-state index in [4.69, 9.17) is 23.7 Å². The van der Waals surface area contributed by atoms with Crippen molar-refractivity contribution in [1.29, 1.82) is 0 Å². The van der Waals surface area contributed by atoms with Crippen molar-refractivity contribution in [2.75, 3.05) is 13.2 Å². The van der Waals surface area contributed by atoms with Gasteiger partial charge in [-0.2, -0.15) is 0 Å². The quantitative estimate of drug-likeness (QED) is 0.126. The van der Waals surface area contributed by atoms with Gasteiger partial charge in [0.2, 0.25) is 0 Å². The van der Waals surface area contributed by atoms with Gasteiger partial charge < -0.3 is 64.5 Å². The van der Waals surface area contributed by atoms with E-state index in [1.165, 1.54) is 0 Å². The minimum Gasteiger partial charge on any atom is -0.458 e. The monoisotopic (exact) mass is 698 g/mol. The van der Waals surface area contributed by atoms with Crippen LogP contribution in [0.25, 0.3) is 0 Å². The second kappa shape index (κ2) is 13.0. The molecule has 0 radical (unpaired) electrons. The molecule has 7 aliphatic rings. The molecule has 4 aliphatic carbocycles. The van der Waals surface area contributed by atoms with E-state index in [1.54, 1.807) is 13.0 Å². The molecule has 0 aromatic rings. The minimum absolute atomic E-state index is 0.0175. The number of hydrogen-bond donors (Lipinski definition) is 8. The first-order valence-corrected chi connectivity index (χ1v) is 18.0. The van der Waals surface area contributed by atoms with Gasteiger partial charge in [0, 0.05) is 11.5 Å². The number of ether oxygens (including phenoxy) is 5. The van der Waals surface area contributed by atoms with Gasteiger partial charge in [-0.25, -0.2) is 4.79 Å². The molecule has 19 atom stereocenters. The predicted octanol–water partition coefficient (Wildman–Crippen LogP) is -0.749. The maximum Gasteiger partial charge on any atom is 0.331 e. The Kier molecular flexibility index (Phi) is 9.57. The zero-order valence-electron chi connectivity index (χ0n) is 28.4. The summed E-state index contributed by atoms with van der Waals surface area (Å²) >= 11 is 0.